The maximum absolute atomic E-state index is 12.5. The van der Waals surface area contributed by atoms with Gasteiger partial charge in [-0.1, -0.05) is 12.1 Å². The third-order valence-electron chi connectivity index (χ3n) is 4.37. The fourth-order valence-electron chi connectivity index (χ4n) is 2.85. The average molecular weight is 383 g/mol. The minimum absolute atomic E-state index is 0.130. The Morgan fingerprint density at radius 3 is 2.14 bits per heavy atom. The Hall–Kier alpha value is -3.55. The lowest BCUT2D eigenvalue weighted by Gasteiger charge is -2.13. The van der Waals surface area contributed by atoms with Crippen molar-refractivity contribution in [3.05, 3.63) is 54.1 Å². The summed E-state index contributed by atoms with van der Waals surface area (Å²) in [6.07, 6.45) is -0.143. The molecular weight excluding hydrogens is 362 g/mol. The highest BCUT2D eigenvalue weighted by Crippen LogP contribution is 2.18. The van der Waals surface area contributed by atoms with E-state index in [1.807, 2.05) is 0 Å². The van der Waals surface area contributed by atoms with Crippen LogP contribution < -0.4 is 20.1 Å². The summed E-state index contributed by atoms with van der Waals surface area (Å²) in [4.78, 5) is 38.0. The first-order chi connectivity index (χ1) is 13.5. The van der Waals surface area contributed by atoms with E-state index < -0.39 is 18.0 Å². The number of hydrogen-bond acceptors (Lipinski definition) is 5. The summed E-state index contributed by atoms with van der Waals surface area (Å²) in [5.41, 5.74) is 1.37. The molecule has 8 nitrogen and oxygen atoms in total. The molecule has 28 heavy (non-hydrogen) atoms. The number of hydrogen-bond donors (Lipinski definition) is 2. The Bertz CT molecular complexity index is 864. The van der Waals surface area contributed by atoms with Crippen molar-refractivity contribution in [3.63, 3.8) is 0 Å². The van der Waals surface area contributed by atoms with Crippen LogP contribution in [0, 0.1) is 0 Å². The van der Waals surface area contributed by atoms with Gasteiger partial charge in [0.15, 0.2) is 0 Å². The molecule has 1 atom stereocenters. The molecule has 1 saturated heterocycles. The molecule has 3 rings (SSSR count). The third kappa shape index (κ3) is 4.40. The first-order valence-corrected chi connectivity index (χ1v) is 8.69. The van der Waals surface area contributed by atoms with Gasteiger partial charge in [0.2, 0.25) is 5.91 Å². The van der Waals surface area contributed by atoms with E-state index in [0.29, 0.717) is 17.2 Å². The van der Waals surface area contributed by atoms with Gasteiger partial charge < -0.3 is 20.1 Å². The Balaban J connectivity index is 1.58. The van der Waals surface area contributed by atoms with Gasteiger partial charge >= 0.3 is 6.03 Å². The summed E-state index contributed by atoms with van der Waals surface area (Å²) >= 11 is 0. The fourth-order valence-corrected chi connectivity index (χ4v) is 2.85. The van der Waals surface area contributed by atoms with E-state index >= 15 is 0 Å². The molecule has 1 aliphatic rings. The summed E-state index contributed by atoms with van der Waals surface area (Å²) in [6, 6.07) is 12.5. The maximum atomic E-state index is 12.5. The summed E-state index contributed by atoms with van der Waals surface area (Å²) in [5, 5.41) is 5.27. The van der Waals surface area contributed by atoms with Gasteiger partial charge in [0, 0.05) is 5.69 Å². The van der Waals surface area contributed by atoms with Gasteiger partial charge in [0.25, 0.3) is 5.91 Å². The first-order valence-electron chi connectivity index (χ1n) is 8.69. The molecule has 2 aromatic rings. The molecule has 1 aliphatic heterocycles. The SMILES string of the molecule is COc1ccc(CN2C(=O)N[C@H](CC(=O)Nc3ccc(OC)cc3)C2=O)cc1. The molecule has 0 unspecified atom stereocenters. The average Bonchev–Trinajstić information content (AvgIpc) is 2.96. The van der Waals surface area contributed by atoms with Crippen LogP contribution in [0.1, 0.15) is 12.0 Å². The predicted octanol–water partition coefficient (Wildman–Crippen LogP) is 2.15. The second-order valence-corrected chi connectivity index (χ2v) is 6.26. The van der Waals surface area contributed by atoms with Gasteiger partial charge in [-0.15, -0.1) is 0 Å². The van der Waals surface area contributed by atoms with Gasteiger partial charge in [-0.05, 0) is 42.0 Å². The minimum Gasteiger partial charge on any atom is -0.497 e. The quantitative estimate of drug-likeness (QED) is 0.714. The lowest BCUT2D eigenvalue weighted by atomic mass is 10.1. The van der Waals surface area contributed by atoms with Crippen LogP contribution in [0.5, 0.6) is 11.5 Å². The zero-order valence-electron chi connectivity index (χ0n) is 15.6. The zero-order valence-corrected chi connectivity index (χ0v) is 15.6. The van der Waals surface area contributed by atoms with E-state index in [4.69, 9.17) is 9.47 Å². The summed E-state index contributed by atoms with van der Waals surface area (Å²) < 4.78 is 10.2. The normalized spacial score (nSPS) is 15.9. The number of amides is 4. The second kappa shape index (κ2) is 8.43. The lowest BCUT2D eigenvalue weighted by Crippen LogP contribution is -2.34. The van der Waals surface area contributed by atoms with Gasteiger partial charge in [0.1, 0.15) is 17.5 Å². The van der Waals surface area contributed by atoms with Crippen molar-refractivity contribution in [1.82, 2.24) is 10.2 Å². The Labute approximate surface area is 162 Å². The smallest absolute Gasteiger partial charge is 0.325 e. The highest BCUT2D eigenvalue weighted by molar-refractivity contribution is 6.06. The summed E-state index contributed by atoms with van der Waals surface area (Å²) in [6.45, 7) is 0.130. The van der Waals surface area contributed by atoms with E-state index in [0.717, 1.165) is 10.5 Å². The number of rotatable bonds is 7. The first kappa shape index (κ1) is 19.2. The van der Waals surface area contributed by atoms with Crippen molar-refractivity contribution in [2.24, 2.45) is 0 Å². The van der Waals surface area contributed by atoms with Crippen LogP contribution in [0.2, 0.25) is 0 Å². The second-order valence-electron chi connectivity index (χ2n) is 6.26. The van der Waals surface area contributed by atoms with Crippen molar-refractivity contribution in [3.8, 4) is 11.5 Å². The number of ether oxygens (including phenoxy) is 2. The number of methoxy groups -OCH3 is 2. The van der Waals surface area contributed by atoms with Crippen molar-refractivity contribution in [2.75, 3.05) is 19.5 Å². The monoisotopic (exact) mass is 383 g/mol. The van der Waals surface area contributed by atoms with Crippen LogP contribution in [0.15, 0.2) is 48.5 Å². The van der Waals surface area contributed by atoms with E-state index in [2.05, 4.69) is 10.6 Å². The molecule has 1 heterocycles. The van der Waals surface area contributed by atoms with E-state index in [1.54, 1.807) is 62.8 Å². The number of benzene rings is 2. The number of urea groups is 1. The summed E-state index contributed by atoms with van der Waals surface area (Å²) in [7, 11) is 3.12. The third-order valence-corrected chi connectivity index (χ3v) is 4.37. The number of nitrogens with zero attached hydrogens (tertiary/aromatic N) is 1. The van der Waals surface area contributed by atoms with E-state index in [9.17, 15) is 14.4 Å². The topological polar surface area (TPSA) is 97.0 Å². The number of nitrogens with one attached hydrogen (secondary N) is 2. The molecular formula is C20H21N3O5. The highest BCUT2D eigenvalue weighted by Gasteiger charge is 2.38. The van der Waals surface area contributed by atoms with Crippen molar-refractivity contribution >= 4 is 23.5 Å². The maximum Gasteiger partial charge on any atom is 0.325 e. The van der Waals surface area contributed by atoms with Gasteiger partial charge in [0.05, 0.1) is 27.2 Å². The standard InChI is InChI=1S/C20H21N3O5/c1-27-15-7-3-13(4-8-15)12-23-19(25)17(22-20(23)26)11-18(24)21-14-5-9-16(28-2)10-6-14/h3-10,17H,11-12H2,1-2H3,(H,21,24)(H,22,26)/t17-/m1/s1. The number of imide groups is 1. The fraction of sp³-hybridized carbons (Fsp3) is 0.250. The largest absolute Gasteiger partial charge is 0.497 e. The lowest BCUT2D eigenvalue weighted by molar-refractivity contribution is -0.130. The Kier molecular flexibility index (Phi) is 5.78. The van der Waals surface area contributed by atoms with Crippen molar-refractivity contribution < 1.29 is 23.9 Å². The number of anilines is 1. The van der Waals surface area contributed by atoms with Gasteiger partial charge in [-0.25, -0.2) is 4.79 Å². The molecule has 2 aromatic carbocycles. The molecule has 8 heteroatoms. The van der Waals surface area contributed by atoms with Crippen LogP contribution in [0.4, 0.5) is 10.5 Å². The van der Waals surface area contributed by atoms with Crippen LogP contribution in [-0.4, -0.2) is 43.0 Å². The van der Waals surface area contributed by atoms with Crippen molar-refractivity contribution in [1.29, 1.82) is 0 Å². The van der Waals surface area contributed by atoms with Crippen LogP contribution >= 0.6 is 0 Å². The minimum atomic E-state index is -0.885. The molecule has 0 bridgehead atoms. The molecule has 0 radical (unpaired) electrons. The molecule has 0 saturated carbocycles. The van der Waals surface area contributed by atoms with Gasteiger partial charge in [-0.3, -0.25) is 14.5 Å². The predicted molar refractivity (Wildman–Crippen MR) is 102 cm³/mol. The van der Waals surface area contributed by atoms with E-state index in [1.165, 1.54) is 0 Å². The molecule has 4 amide bonds. The molecule has 1 fully saturated rings. The Morgan fingerprint density at radius 2 is 1.57 bits per heavy atom. The van der Waals surface area contributed by atoms with Crippen LogP contribution in [0.25, 0.3) is 0 Å². The molecule has 0 aromatic heterocycles. The molecule has 146 valence electrons. The van der Waals surface area contributed by atoms with Gasteiger partial charge in [-0.2, -0.15) is 0 Å². The van der Waals surface area contributed by atoms with Crippen molar-refractivity contribution in [2.45, 2.75) is 19.0 Å². The zero-order chi connectivity index (χ0) is 20.1. The molecule has 0 spiro atoms. The van der Waals surface area contributed by atoms with E-state index in [-0.39, 0.29) is 18.9 Å². The molecule has 0 aliphatic carbocycles. The highest BCUT2D eigenvalue weighted by atomic mass is 16.5. The van der Waals surface area contributed by atoms with Crippen LogP contribution in [-0.2, 0) is 16.1 Å². The summed E-state index contributed by atoms with van der Waals surface area (Å²) in [5.74, 6) is 0.570. The molecule has 2 N–H and O–H groups in total. The number of carbonyl (C=O) groups excluding carboxylic acids is 3. The Morgan fingerprint density at radius 1 is 1.00 bits per heavy atom. The van der Waals surface area contributed by atoms with Crippen LogP contribution in [0.3, 0.4) is 0 Å². The number of carbonyl (C=O) groups is 3.